The zero-order valence-corrected chi connectivity index (χ0v) is 13.9. The Balaban J connectivity index is 1.90. The largest absolute Gasteiger partial charge is 0.481 e. The van der Waals surface area contributed by atoms with Gasteiger partial charge in [0.15, 0.2) is 5.76 Å². The Labute approximate surface area is 136 Å². The third-order valence-electron chi connectivity index (χ3n) is 4.14. The lowest BCUT2D eigenvalue weighted by atomic mass is 9.99. The van der Waals surface area contributed by atoms with E-state index in [1.165, 1.54) is 0 Å². The molecule has 0 spiro atoms. The molecule has 5 nitrogen and oxygen atoms in total. The number of hydrogen-bond acceptors (Lipinski definition) is 3. The van der Waals surface area contributed by atoms with Gasteiger partial charge >= 0.3 is 5.97 Å². The molecule has 1 aliphatic heterocycles. The Morgan fingerprint density at radius 2 is 2.05 bits per heavy atom. The molecule has 2 aromatic rings. The van der Waals surface area contributed by atoms with Crippen molar-refractivity contribution in [1.82, 2.24) is 4.90 Å². The fraction of sp³-hybridized carbons (Fsp3) is 0.375. The van der Waals surface area contributed by atoms with Crippen molar-refractivity contribution >= 4 is 38.8 Å². The molecular weight excluding hydrogens is 350 g/mol. The van der Waals surface area contributed by atoms with E-state index in [2.05, 4.69) is 15.9 Å². The first-order valence-electron chi connectivity index (χ1n) is 7.08. The maximum absolute atomic E-state index is 12.6. The number of halogens is 1. The predicted molar refractivity (Wildman–Crippen MR) is 84.8 cm³/mol. The van der Waals surface area contributed by atoms with Gasteiger partial charge in [-0.15, -0.1) is 0 Å². The molecule has 1 saturated heterocycles. The highest BCUT2D eigenvalue weighted by atomic mass is 79.9. The minimum absolute atomic E-state index is 0.0557. The minimum Gasteiger partial charge on any atom is -0.481 e. The Hall–Kier alpha value is -1.82. The fourth-order valence-electron chi connectivity index (χ4n) is 2.97. The number of carbonyl (C=O) groups excluding carboxylic acids is 1. The summed E-state index contributed by atoms with van der Waals surface area (Å²) in [6, 6.07) is 5.60. The van der Waals surface area contributed by atoms with E-state index in [0.29, 0.717) is 12.1 Å². The van der Waals surface area contributed by atoms with Crippen LogP contribution in [0.3, 0.4) is 0 Å². The van der Waals surface area contributed by atoms with Crippen molar-refractivity contribution in [3.8, 4) is 0 Å². The maximum Gasteiger partial charge on any atom is 0.308 e. The molecule has 3 rings (SSSR count). The van der Waals surface area contributed by atoms with Gasteiger partial charge in [0.05, 0.1) is 10.4 Å². The summed E-state index contributed by atoms with van der Waals surface area (Å²) < 4.78 is 6.48. The summed E-state index contributed by atoms with van der Waals surface area (Å²) in [5, 5.41) is 10.0. The van der Waals surface area contributed by atoms with Gasteiger partial charge in [-0.25, -0.2) is 0 Å². The van der Waals surface area contributed by atoms with Crippen molar-refractivity contribution in [2.45, 2.75) is 13.8 Å². The van der Waals surface area contributed by atoms with Crippen LogP contribution in [0, 0.1) is 18.8 Å². The molecule has 1 N–H and O–H groups in total. The molecule has 22 heavy (non-hydrogen) atoms. The quantitative estimate of drug-likeness (QED) is 0.886. The second-order valence-corrected chi connectivity index (χ2v) is 6.76. The molecule has 1 aliphatic rings. The molecule has 6 heteroatoms. The number of benzene rings is 1. The SMILES string of the molecule is Cc1cc(Br)c2oc(C(=O)N3C[C@@H](C)[C@H](C(=O)O)C3)cc2c1. The normalized spacial score (nSPS) is 21.5. The molecule has 2 atom stereocenters. The number of hydrogen-bond donors (Lipinski definition) is 1. The van der Waals surface area contributed by atoms with Gasteiger partial charge in [0.25, 0.3) is 5.91 Å². The van der Waals surface area contributed by atoms with Crippen LogP contribution in [-0.4, -0.2) is 35.0 Å². The van der Waals surface area contributed by atoms with Crippen molar-refractivity contribution in [2.75, 3.05) is 13.1 Å². The highest BCUT2D eigenvalue weighted by Crippen LogP contribution is 2.31. The maximum atomic E-state index is 12.6. The van der Waals surface area contributed by atoms with Crippen LogP contribution in [0.15, 0.2) is 27.1 Å². The number of carbonyl (C=O) groups is 2. The molecule has 1 amide bonds. The van der Waals surface area contributed by atoms with E-state index >= 15 is 0 Å². The highest BCUT2D eigenvalue weighted by molar-refractivity contribution is 9.10. The molecule has 0 saturated carbocycles. The third kappa shape index (κ3) is 2.52. The monoisotopic (exact) mass is 365 g/mol. The van der Waals surface area contributed by atoms with E-state index in [1.807, 2.05) is 26.0 Å². The van der Waals surface area contributed by atoms with Gasteiger partial charge in [0.2, 0.25) is 0 Å². The van der Waals surface area contributed by atoms with E-state index in [4.69, 9.17) is 9.52 Å². The number of carboxylic acids is 1. The van der Waals surface area contributed by atoms with Crippen LogP contribution in [0.4, 0.5) is 0 Å². The van der Waals surface area contributed by atoms with Crippen LogP contribution < -0.4 is 0 Å². The predicted octanol–water partition coefficient (Wildman–Crippen LogP) is 3.30. The van der Waals surface area contributed by atoms with E-state index in [9.17, 15) is 9.59 Å². The van der Waals surface area contributed by atoms with Crippen molar-refractivity contribution in [2.24, 2.45) is 11.8 Å². The Morgan fingerprint density at radius 3 is 2.68 bits per heavy atom. The van der Waals surface area contributed by atoms with Gasteiger partial charge < -0.3 is 14.4 Å². The number of amides is 1. The smallest absolute Gasteiger partial charge is 0.308 e. The summed E-state index contributed by atoms with van der Waals surface area (Å²) in [6.07, 6.45) is 0. The molecular formula is C16H16BrNO4. The molecule has 0 bridgehead atoms. The van der Waals surface area contributed by atoms with Crippen molar-refractivity contribution in [3.63, 3.8) is 0 Å². The van der Waals surface area contributed by atoms with E-state index < -0.39 is 11.9 Å². The number of fused-ring (bicyclic) bond motifs is 1. The Kier molecular flexibility index (Phi) is 3.72. The van der Waals surface area contributed by atoms with Crippen LogP contribution in [0.5, 0.6) is 0 Å². The lowest BCUT2D eigenvalue weighted by molar-refractivity contribution is -0.142. The summed E-state index contributed by atoms with van der Waals surface area (Å²) in [4.78, 5) is 25.3. The molecule has 1 aromatic heterocycles. The van der Waals surface area contributed by atoms with Gasteiger partial charge in [-0.1, -0.05) is 6.92 Å². The zero-order chi connectivity index (χ0) is 16.0. The van der Waals surface area contributed by atoms with Crippen LogP contribution in [0.2, 0.25) is 0 Å². The summed E-state index contributed by atoms with van der Waals surface area (Å²) in [5.41, 5.74) is 1.70. The first kappa shape index (κ1) is 15.1. The molecule has 1 fully saturated rings. The molecule has 0 aliphatic carbocycles. The number of carboxylic acid groups (broad SMARTS) is 1. The second-order valence-electron chi connectivity index (χ2n) is 5.91. The molecule has 0 unspecified atom stereocenters. The van der Waals surface area contributed by atoms with Gasteiger partial charge in [-0.2, -0.15) is 0 Å². The average molecular weight is 366 g/mol. The van der Waals surface area contributed by atoms with Crippen LogP contribution >= 0.6 is 15.9 Å². The van der Waals surface area contributed by atoms with E-state index in [0.717, 1.165) is 15.4 Å². The molecule has 116 valence electrons. The number of aliphatic carboxylic acids is 1. The molecule has 2 heterocycles. The lowest BCUT2D eigenvalue weighted by Gasteiger charge is -2.13. The first-order chi connectivity index (χ1) is 10.4. The lowest BCUT2D eigenvalue weighted by Crippen LogP contribution is -2.29. The van der Waals surface area contributed by atoms with Crippen LogP contribution in [0.25, 0.3) is 11.0 Å². The fourth-order valence-corrected chi connectivity index (χ4v) is 3.64. The van der Waals surface area contributed by atoms with Gasteiger partial charge in [-0.05, 0) is 52.5 Å². The summed E-state index contributed by atoms with van der Waals surface area (Å²) in [6.45, 7) is 4.49. The van der Waals surface area contributed by atoms with Gasteiger partial charge in [0.1, 0.15) is 5.58 Å². The third-order valence-corrected chi connectivity index (χ3v) is 4.73. The van der Waals surface area contributed by atoms with Gasteiger partial charge in [-0.3, -0.25) is 9.59 Å². The molecule has 0 radical (unpaired) electrons. The number of rotatable bonds is 2. The number of aryl methyl sites for hydroxylation is 1. The van der Waals surface area contributed by atoms with E-state index in [1.54, 1.807) is 11.0 Å². The van der Waals surface area contributed by atoms with Crippen molar-refractivity contribution < 1.29 is 19.1 Å². The summed E-state index contributed by atoms with van der Waals surface area (Å²) >= 11 is 3.44. The Morgan fingerprint density at radius 1 is 1.32 bits per heavy atom. The Bertz CT molecular complexity index is 767. The number of nitrogens with zero attached hydrogens (tertiary/aromatic N) is 1. The van der Waals surface area contributed by atoms with Crippen molar-refractivity contribution in [3.05, 3.63) is 34.0 Å². The summed E-state index contributed by atoms with van der Waals surface area (Å²) in [7, 11) is 0. The van der Waals surface area contributed by atoms with Crippen LogP contribution in [0.1, 0.15) is 23.0 Å². The number of furan rings is 1. The van der Waals surface area contributed by atoms with Crippen molar-refractivity contribution in [1.29, 1.82) is 0 Å². The topological polar surface area (TPSA) is 70.8 Å². The summed E-state index contributed by atoms with van der Waals surface area (Å²) in [5.74, 6) is -1.43. The van der Waals surface area contributed by atoms with Gasteiger partial charge in [0, 0.05) is 18.5 Å². The average Bonchev–Trinajstić information content (AvgIpc) is 3.01. The minimum atomic E-state index is -0.856. The standard InChI is InChI=1S/C16H16BrNO4/c1-8-3-10-5-13(22-14(10)12(17)4-8)15(19)18-6-9(2)11(7-18)16(20)21/h3-5,9,11H,6-7H2,1-2H3,(H,20,21)/t9-,11-/m1/s1. The molecule has 1 aromatic carbocycles. The first-order valence-corrected chi connectivity index (χ1v) is 7.88. The second kappa shape index (κ2) is 5.43. The van der Waals surface area contributed by atoms with E-state index in [-0.39, 0.29) is 24.1 Å². The highest BCUT2D eigenvalue weighted by Gasteiger charge is 2.38. The number of likely N-dealkylation sites (tertiary alicyclic amines) is 1. The van der Waals surface area contributed by atoms with Crippen LogP contribution in [-0.2, 0) is 4.79 Å². The zero-order valence-electron chi connectivity index (χ0n) is 12.3.